The monoisotopic (exact) mass is 307 g/mol. The molecule has 0 radical (unpaired) electrons. The van der Waals surface area contributed by atoms with E-state index in [1.54, 1.807) is 0 Å². The highest BCUT2D eigenvalue weighted by atomic mass is 32.1. The van der Waals surface area contributed by atoms with Crippen molar-refractivity contribution in [1.82, 2.24) is 14.7 Å². The zero-order valence-corrected chi connectivity index (χ0v) is 12.4. The van der Waals surface area contributed by atoms with E-state index in [0.29, 0.717) is 24.7 Å². The Kier molecular flexibility index (Phi) is 3.40. The van der Waals surface area contributed by atoms with Gasteiger partial charge < -0.3 is 9.15 Å². The van der Waals surface area contributed by atoms with Gasteiger partial charge in [0.1, 0.15) is 6.67 Å². The molecule has 1 aliphatic carbocycles. The number of nitrogens with zero attached hydrogens (tertiary/aromatic N) is 3. The third-order valence-corrected chi connectivity index (χ3v) is 5.11. The fraction of sp³-hybridized carbons (Fsp3) is 0.571. The average Bonchev–Trinajstić information content (AvgIpc) is 3.20. The Labute approximate surface area is 125 Å². The summed E-state index contributed by atoms with van der Waals surface area (Å²) in [6.45, 7) is 2.05. The first-order chi connectivity index (χ1) is 10.3. The van der Waals surface area contributed by atoms with E-state index in [1.807, 2.05) is 17.5 Å². The van der Waals surface area contributed by atoms with E-state index in [4.69, 9.17) is 9.15 Å². The summed E-state index contributed by atoms with van der Waals surface area (Å²) in [6.07, 6.45) is 3.77. The van der Waals surface area contributed by atoms with Crippen molar-refractivity contribution in [3.05, 3.63) is 28.1 Å². The van der Waals surface area contributed by atoms with Gasteiger partial charge in [0.25, 0.3) is 5.89 Å². The maximum absolute atomic E-state index is 12.0. The first-order valence-corrected chi connectivity index (χ1v) is 8.17. The number of rotatable bonds is 3. The number of fused-ring (bicyclic) bond motifs is 1. The van der Waals surface area contributed by atoms with Gasteiger partial charge in [0.05, 0.1) is 17.6 Å². The van der Waals surface area contributed by atoms with Crippen molar-refractivity contribution in [2.24, 2.45) is 0 Å². The summed E-state index contributed by atoms with van der Waals surface area (Å²) >= 11 is 1.52. The van der Waals surface area contributed by atoms with Crippen LogP contribution in [0.25, 0.3) is 10.8 Å². The second-order valence-corrected chi connectivity index (χ2v) is 6.46. The van der Waals surface area contributed by atoms with Crippen molar-refractivity contribution in [2.45, 2.75) is 38.1 Å². The summed E-state index contributed by atoms with van der Waals surface area (Å²) in [5.74, 6) is 0.0191. The molecule has 3 heterocycles. The van der Waals surface area contributed by atoms with Gasteiger partial charge >= 0.3 is 5.76 Å². The molecule has 21 heavy (non-hydrogen) atoms. The van der Waals surface area contributed by atoms with Gasteiger partial charge in [-0.15, -0.1) is 16.4 Å². The van der Waals surface area contributed by atoms with Crippen molar-refractivity contribution in [1.29, 1.82) is 0 Å². The molecule has 2 aliphatic rings. The fourth-order valence-corrected chi connectivity index (χ4v) is 3.89. The first kappa shape index (κ1) is 13.2. The molecule has 1 saturated heterocycles. The van der Waals surface area contributed by atoms with Crippen molar-refractivity contribution in [3.8, 4) is 10.8 Å². The van der Waals surface area contributed by atoms with E-state index in [1.165, 1.54) is 22.4 Å². The lowest BCUT2D eigenvalue weighted by molar-refractivity contribution is -0.0687. The second-order valence-electron chi connectivity index (χ2n) is 5.51. The van der Waals surface area contributed by atoms with Crippen molar-refractivity contribution in [2.75, 3.05) is 13.2 Å². The minimum atomic E-state index is -0.389. The van der Waals surface area contributed by atoms with Crippen LogP contribution < -0.4 is 5.76 Å². The fourth-order valence-electron chi connectivity index (χ4n) is 3.25. The van der Waals surface area contributed by atoms with E-state index in [9.17, 15) is 4.79 Å². The predicted octanol–water partition coefficient (Wildman–Crippen LogP) is 1.78. The van der Waals surface area contributed by atoms with Gasteiger partial charge in [0.15, 0.2) is 0 Å². The molecule has 0 bridgehead atoms. The molecule has 0 aromatic carbocycles. The molecule has 0 amide bonds. The Bertz CT molecular complexity index is 663. The van der Waals surface area contributed by atoms with E-state index in [2.05, 4.69) is 10.00 Å². The lowest BCUT2D eigenvalue weighted by Crippen LogP contribution is -2.49. The molecule has 2 atom stereocenters. The second kappa shape index (κ2) is 5.40. The van der Waals surface area contributed by atoms with Gasteiger partial charge in [-0.3, -0.25) is 4.90 Å². The van der Waals surface area contributed by atoms with Gasteiger partial charge in [-0.1, -0.05) is 6.07 Å². The Balaban J connectivity index is 1.55. The van der Waals surface area contributed by atoms with Crippen molar-refractivity contribution >= 4 is 11.3 Å². The molecule has 4 rings (SSSR count). The van der Waals surface area contributed by atoms with Gasteiger partial charge in [-0.2, -0.15) is 4.68 Å². The molecule has 7 heteroatoms. The number of aromatic nitrogens is 2. The summed E-state index contributed by atoms with van der Waals surface area (Å²) in [5, 5.41) is 6.27. The maximum atomic E-state index is 12.0. The molecular formula is C14H17N3O3S. The van der Waals surface area contributed by atoms with E-state index < -0.39 is 0 Å². The minimum absolute atomic E-state index is 0.318. The van der Waals surface area contributed by atoms with Crippen LogP contribution in [0.5, 0.6) is 0 Å². The number of morpholine rings is 1. The molecule has 1 aliphatic heterocycles. The quantitative estimate of drug-likeness (QED) is 0.865. The summed E-state index contributed by atoms with van der Waals surface area (Å²) < 4.78 is 12.5. The maximum Gasteiger partial charge on any atom is 0.438 e. The lowest BCUT2D eigenvalue weighted by atomic mass is 10.1. The zero-order valence-electron chi connectivity index (χ0n) is 11.6. The molecule has 2 fully saturated rings. The molecule has 2 unspecified atom stereocenters. The van der Waals surface area contributed by atoms with Crippen LogP contribution in [0.4, 0.5) is 0 Å². The standard InChI is InChI=1S/C14H17N3O3S/c18-14-17(15-13(20-14)12-5-2-8-21-12)9-16-6-7-19-11-4-1-3-10(11)16/h2,5,8,10-11H,1,3-4,6-7,9H2. The molecule has 6 nitrogen and oxygen atoms in total. The van der Waals surface area contributed by atoms with Crippen LogP contribution in [0.2, 0.25) is 0 Å². The van der Waals surface area contributed by atoms with E-state index >= 15 is 0 Å². The molecule has 112 valence electrons. The molecule has 0 N–H and O–H groups in total. The smallest absolute Gasteiger partial charge is 0.387 e. The predicted molar refractivity (Wildman–Crippen MR) is 78.2 cm³/mol. The van der Waals surface area contributed by atoms with Crippen LogP contribution in [-0.4, -0.2) is 40.0 Å². The molecule has 1 saturated carbocycles. The third kappa shape index (κ3) is 2.45. The van der Waals surface area contributed by atoms with Crippen LogP contribution in [0.3, 0.4) is 0 Å². The van der Waals surface area contributed by atoms with Crippen molar-refractivity contribution < 1.29 is 9.15 Å². The van der Waals surface area contributed by atoms with Crippen LogP contribution in [0.15, 0.2) is 26.7 Å². The highest BCUT2D eigenvalue weighted by molar-refractivity contribution is 7.13. The van der Waals surface area contributed by atoms with Crippen LogP contribution >= 0.6 is 11.3 Å². The third-order valence-electron chi connectivity index (χ3n) is 4.25. The summed E-state index contributed by atoms with van der Waals surface area (Å²) in [4.78, 5) is 15.2. The Morgan fingerprint density at radius 1 is 1.43 bits per heavy atom. The summed E-state index contributed by atoms with van der Waals surface area (Å²) in [7, 11) is 0. The number of ether oxygens (including phenoxy) is 1. The average molecular weight is 307 g/mol. The van der Waals surface area contributed by atoms with E-state index in [-0.39, 0.29) is 5.76 Å². The van der Waals surface area contributed by atoms with Gasteiger partial charge in [-0.25, -0.2) is 4.79 Å². The van der Waals surface area contributed by atoms with Gasteiger partial charge in [0.2, 0.25) is 0 Å². The summed E-state index contributed by atoms with van der Waals surface area (Å²) in [6, 6.07) is 4.24. The van der Waals surface area contributed by atoms with Gasteiger partial charge in [-0.05, 0) is 30.7 Å². The Morgan fingerprint density at radius 3 is 3.24 bits per heavy atom. The minimum Gasteiger partial charge on any atom is -0.387 e. The van der Waals surface area contributed by atoms with Gasteiger partial charge in [0, 0.05) is 12.6 Å². The Hall–Kier alpha value is -1.44. The number of hydrogen-bond acceptors (Lipinski definition) is 6. The molecule has 0 spiro atoms. The van der Waals surface area contributed by atoms with Crippen LogP contribution in [0, 0.1) is 0 Å². The highest BCUT2D eigenvalue weighted by Gasteiger charge is 2.36. The summed E-state index contributed by atoms with van der Waals surface area (Å²) in [5.41, 5.74) is 0. The lowest BCUT2D eigenvalue weighted by Gasteiger charge is -2.36. The largest absolute Gasteiger partial charge is 0.438 e. The molecule has 2 aromatic heterocycles. The zero-order chi connectivity index (χ0) is 14.2. The Morgan fingerprint density at radius 2 is 2.38 bits per heavy atom. The normalized spacial score (nSPS) is 26.1. The SMILES string of the molecule is O=c1oc(-c2cccs2)nn1CN1CCOC2CCCC21. The van der Waals surface area contributed by atoms with Crippen molar-refractivity contribution in [3.63, 3.8) is 0 Å². The molecular weight excluding hydrogens is 290 g/mol. The highest BCUT2D eigenvalue weighted by Crippen LogP contribution is 2.30. The van der Waals surface area contributed by atoms with E-state index in [0.717, 1.165) is 30.9 Å². The topological polar surface area (TPSA) is 60.5 Å². The number of hydrogen-bond donors (Lipinski definition) is 0. The van der Waals surface area contributed by atoms with Crippen LogP contribution in [0.1, 0.15) is 19.3 Å². The molecule has 2 aromatic rings. The van der Waals surface area contributed by atoms with Crippen LogP contribution in [-0.2, 0) is 11.4 Å². The first-order valence-electron chi connectivity index (χ1n) is 7.29. The number of thiophene rings is 1.